The number of carbonyl (C=O) groups excluding carboxylic acids is 1. The molecule has 1 aromatic rings. The summed E-state index contributed by atoms with van der Waals surface area (Å²) in [6.07, 6.45) is 0.916. The second kappa shape index (κ2) is 6.12. The molecule has 1 rings (SSSR count). The molecule has 0 bridgehead atoms. The molecule has 5 nitrogen and oxygen atoms in total. The summed E-state index contributed by atoms with van der Waals surface area (Å²) in [6.45, 7) is 3.94. The number of primary sulfonamides is 1. The molecular weight excluding hydrogens is 271 g/mol. The first-order valence-corrected chi connectivity index (χ1v) is 7.37. The molecule has 0 spiro atoms. The van der Waals surface area contributed by atoms with E-state index in [1.807, 2.05) is 13.8 Å². The van der Waals surface area contributed by atoms with Gasteiger partial charge in [-0.2, -0.15) is 0 Å². The Balaban J connectivity index is 2.86. The van der Waals surface area contributed by atoms with Gasteiger partial charge in [-0.15, -0.1) is 0 Å². The average molecular weight is 288 g/mol. The maximum atomic E-state index is 13.5. The molecule has 0 saturated carbocycles. The predicted molar refractivity (Wildman–Crippen MR) is 70.5 cm³/mol. The Hall–Kier alpha value is -1.47. The van der Waals surface area contributed by atoms with Gasteiger partial charge in [0.2, 0.25) is 15.9 Å². The molecule has 0 aliphatic rings. The van der Waals surface area contributed by atoms with Gasteiger partial charge in [0, 0.05) is 6.42 Å². The van der Waals surface area contributed by atoms with Crippen molar-refractivity contribution in [3.63, 3.8) is 0 Å². The Kier molecular flexibility index (Phi) is 5.02. The summed E-state index contributed by atoms with van der Waals surface area (Å²) in [5.74, 6) is -0.712. The zero-order chi connectivity index (χ0) is 14.6. The number of anilines is 1. The summed E-state index contributed by atoms with van der Waals surface area (Å²) < 4.78 is 35.7. The second-order valence-corrected chi connectivity index (χ2v) is 6.23. The average Bonchev–Trinajstić information content (AvgIpc) is 2.28. The molecule has 1 amide bonds. The van der Waals surface area contributed by atoms with E-state index in [1.54, 1.807) is 0 Å². The molecule has 0 saturated heterocycles. The van der Waals surface area contributed by atoms with Crippen molar-refractivity contribution < 1.29 is 17.6 Å². The number of benzene rings is 1. The van der Waals surface area contributed by atoms with Crippen LogP contribution in [0.25, 0.3) is 0 Å². The summed E-state index contributed by atoms with van der Waals surface area (Å²) >= 11 is 0. The highest BCUT2D eigenvalue weighted by atomic mass is 32.2. The minimum Gasteiger partial charge on any atom is -0.324 e. The van der Waals surface area contributed by atoms with Crippen molar-refractivity contribution in [2.45, 2.75) is 31.6 Å². The first kappa shape index (κ1) is 15.6. The number of hydrogen-bond acceptors (Lipinski definition) is 3. The lowest BCUT2D eigenvalue weighted by Crippen LogP contribution is -2.16. The fourth-order valence-corrected chi connectivity index (χ4v) is 1.95. The molecule has 19 heavy (non-hydrogen) atoms. The van der Waals surface area contributed by atoms with Crippen LogP contribution in [0.4, 0.5) is 10.1 Å². The highest BCUT2D eigenvalue weighted by Gasteiger charge is 2.13. The minimum atomic E-state index is -3.92. The molecule has 1 aromatic carbocycles. The topological polar surface area (TPSA) is 89.3 Å². The van der Waals surface area contributed by atoms with Crippen LogP contribution < -0.4 is 10.5 Å². The number of sulfonamides is 1. The van der Waals surface area contributed by atoms with Gasteiger partial charge in [0.15, 0.2) is 0 Å². The van der Waals surface area contributed by atoms with Gasteiger partial charge < -0.3 is 5.32 Å². The Morgan fingerprint density at radius 1 is 1.42 bits per heavy atom. The maximum absolute atomic E-state index is 13.5. The third-order valence-electron chi connectivity index (χ3n) is 2.49. The number of amides is 1. The zero-order valence-electron chi connectivity index (χ0n) is 10.8. The molecule has 0 heterocycles. The summed E-state index contributed by atoms with van der Waals surface area (Å²) in [5.41, 5.74) is -0.180. The molecule has 0 aliphatic carbocycles. The summed E-state index contributed by atoms with van der Waals surface area (Å²) in [6, 6.07) is 3.02. The van der Waals surface area contributed by atoms with Crippen LogP contribution >= 0.6 is 0 Å². The van der Waals surface area contributed by atoms with Crippen molar-refractivity contribution in [2.75, 3.05) is 5.32 Å². The highest BCUT2D eigenvalue weighted by molar-refractivity contribution is 7.89. The van der Waals surface area contributed by atoms with Crippen LogP contribution in [-0.4, -0.2) is 14.3 Å². The van der Waals surface area contributed by atoms with Crippen LogP contribution in [-0.2, 0) is 14.8 Å². The van der Waals surface area contributed by atoms with E-state index in [-0.39, 0.29) is 22.9 Å². The van der Waals surface area contributed by atoms with E-state index in [4.69, 9.17) is 5.14 Å². The molecule has 0 fully saturated rings. The summed E-state index contributed by atoms with van der Waals surface area (Å²) in [4.78, 5) is 11.3. The van der Waals surface area contributed by atoms with Gasteiger partial charge in [-0.05, 0) is 30.5 Å². The van der Waals surface area contributed by atoms with E-state index in [2.05, 4.69) is 5.32 Å². The van der Waals surface area contributed by atoms with E-state index in [1.165, 1.54) is 0 Å². The number of carbonyl (C=O) groups is 1. The standard InChI is InChI=1S/C12H17FN2O3S/c1-8(2)3-6-12(16)15-11-7-9(19(14,17)18)4-5-10(11)13/h4-5,7-8H,3,6H2,1-2H3,(H,15,16)(H2,14,17,18). The van der Waals surface area contributed by atoms with Crippen molar-refractivity contribution in [2.24, 2.45) is 11.1 Å². The van der Waals surface area contributed by atoms with Crippen LogP contribution in [0.5, 0.6) is 0 Å². The number of halogens is 1. The normalized spacial score (nSPS) is 11.6. The van der Waals surface area contributed by atoms with Crippen molar-refractivity contribution in [1.82, 2.24) is 0 Å². The Bertz CT molecular complexity index is 570. The minimum absolute atomic E-state index is 0.180. The fraction of sp³-hybridized carbons (Fsp3) is 0.417. The van der Waals surface area contributed by atoms with Gasteiger partial charge in [-0.3, -0.25) is 4.79 Å². The van der Waals surface area contributed by atoms with E-state index in [9.17, 15) is 17.6 Å². The highest BCUT2D eigenvalue weighted by Crippen LogP contribution is 2.19. The monoisotopic (exact) mass is 288 g/mol. The zero-order valence-corrected chi connectivity index (χ0v) is 11.6. The van der Waals surface area contributed by atoms with Crippen LogP contribution in [0, 0.1) is 11.7 Å². The lowest BCUT2D eigenvalue weighted by Gasteiger charge is -2.09. The van der Waals surface area contributed by atoms with Gasteiger partial charge in [0.1, 0.15) is 5.82 Å². The van der Waals surface area contributed by atoms with Crippen LogP contribution in [0.15, 0.2) is 23.1 Å². The number of hydrogen-bond donors (Lipinski definition) is 2. The third-order valence-corrected chi connectivity index (χ3v) is 3.40. The largest absolute Gasteiger partial charge is 0.324 e. The lowest BCUT2D eigenvalue weighted by atomic mass is 10.1. The molecule has 106 valence electrons. The molecule has 3 N–H and O–H groups in total. The second-order valence-electron chi connectivity index (χ2n) is 4.67. The van der Waals surface area contributed by atoms with E-state index in [0.717, 1.165) is 18.2 Å². The van der Waals surface area contributed by atoms with Gasteiger partial charge in [-0.1, -0.05) is 13.8 Å². The van der Waals surface area contributed by atoms with E-state index >= 15 is 0 Å². The molecule has 0 unspecified atom stereocenters. The quantitative estimate of drug-likeness (QED) is 0.866. The molecule has 0 atom stereocenters. The van der Waals surface area contributed by atoms with Crippen LogP contribution in [0.1, 0.15) is 26.7 Å². The Morgan fingerprint density at radius 3 is 2.58 bits per heavy atom. The molecule has 0 radical (unpaired) electrons. The van der Waals surface area contributed by atoms with Gasteiger partial charge in [-0.25, -0.2) is 17.9 Å². The first-order chi connectivity index (χ1) is 8.70. The Labute approximate surface area is 112 Å². The number of nitrogens with two attached hydrogens (primary N) is 1. The van der Waals surface area contributed by atoms with E-state index in [0.29, 0.717) is 12.3 Å². The van der Waals surface area contributed by atoms with E-state index < -0.39 is 15.8 Å². The summed E-state index contributed by atoms with van der Waals surface area (Å²) in [5, 5.41) is 7.29. The molecule has 0 aliphatic heterocycles. The van der Waals surface area contributed by atoms with Crippen molar-refractivity contribution in [3.8, 4) is 0 Å². The van der Waals surface area contributed by atoms with Crippen LogP contribution in [0.2, 0.25) is 0 Å². The smallest absolute Gasteiger partial charge is 0.238 e. The van der Waals surface area contributed by atoms with Crippen molar-refractivity contribution in [1.29, 1.82) is 0 Å². The SMILES string of the molecule is CC(C)CCC(=O)Nc1cc(S(N)(=O)=O)ccc1F. The van der Waals surface area contributed by atoms with Gasteiger partial charge in [0.05, 0.1) is 10.6 Å². The summed E-state index contributed by atoms with van der Waals surface area (Å²) in [7, 11) is -3.92. The molecule has 7 heteroatoms. The van der Waals surface area contributed by atoms with Crippen LogP contribution in [0.3, 0.4) is 0 Å². The molecule has 0 aromatic heterocycles. The van der Waals surface area contributed by atoms with Crippen molar-refractivity contribution >= 4 is 21.6 Å². The fourth-order valence-electron chi connectivity index (χ4n) is 1.41. The predicted octanol–water partition coefficient (Wildman–Crippen LogP) is 1.85. The first-order valence-electron chi connectivity index (χ1n) is 5.82. The van der Waals surface area contributed by atoms with Crippen molar-refractivity contribution in [3.05, 3.63) is 24.0 Å². The molecular formula is C12H17FN2O3S. The third kappa shape index (κ3) is 4.96. The maximum Gasteiger partial charge on any atom is 0.238 e. The van der Waals surface area contributed by atoms with Gasteiger partial charge in [0.25, 0.3) is 0 Å². The lowest BCUT2D eigenvalue weighted by molar-refractivity contribution is -0.116. The number of rotatable bonds is 5. The Morgan fingerprint density at radius 2 is 2.05 bits per heavy atom. The van der Waals surface area contributed by atoms with Gasteiger partial charge >= 0.3 is 0 Å². The number of nitrogens with one attached hydrogen (secondary N) is 1.